The maximum absolute atomic E-state index is 13.8. The van der Waals surface area contributed by atoms with Gasteiger partial charge in [0.25, 0.3) is 5.69 Å². The number of hydrogen-bond acceptors (Lipinski definition) is 4. The summed E-state index contributed by atoms with van der Waals surface area (Å²) in [6.07, 6.45) is 0.848. The Morgan fingerprint density at radius 3 is 2.50 bits per heavy atom. The van der Waals surface area contributed by atoms with E-state index in [2.05, 4.69) is 0 Å². The summed E-state index contributed by atoms with van der Waals surface area (Å²) in [6.45, 7) is 1.12. The number of nitro groups is 1. The van der Waals surface area contributed by atoms with Crippen molar-refractivity contribution in [1.82, 2.24) is 0 Å². The summed E-state index contributed by atoms with van der Waals surface area (Å²) in [4.78, 5) is 11.3. The molecule has 1 aliphatic heterocycles. The minimum atomic E-state index is -0.867. The van der Waals surface area contributed by atoms with Gasteiger partial charge >= 0.3 is 0 Å². The van der Waals surface area contributed by atoms with Gasteiger partial charge in [0.05, 0.1) is 17.1 Å². The molecule has 1 fully saturated rings. The van der Waals surface area contributed by atoms with Crippen LogP contribution in [0.3, 0.4) is 0 Å². The first kappa shape index (κ1) is 13.1. The zero-order valence-electron chi connectivity index (χ0n) is 9.57. The van der Waals surface area contributed by atoms with Crippen LogP contribution < -0.4 is 4.90 Å². The van der Waals surface area contributed by atoms with Gasteiger partial charge in [-0.1, -0.05) is 0 Å². The van der Waals surface area contributed by atoms with Crippen molar-refractivity contribution in [3.63, 3.8) is 0 Å². The number of halogens is 2. The molecule has 0 N–H and O–H groups in total. The molecule has 0 aromatic heterocycles. The van der Waals surface area contributed by atoms with E-state index >= 15 is 0 Å². The van der Waals surface area contributed by atoms with Gasteiger partial charge < -0.3 is 4.90 Å². The highest BCUT2D eigenvalue weighted by Crippen LogP contribution is 2.29. The molecule has 0 unspecified atom stereocenters. The molecule has 1 saturated heterocycles. The van der Waals surface area contributed by atoms with Crippen molar-refractivity contribution in [2.75, 3.05) is 29.5 Å². The van der Waals surface area contributed by atoms with Crippen molar-refractivity contribution in [3.05, 3.63) is 33.9 Å². The Morgan fingerprint density at radius 2 is 1.89 bits per heavy atom. The van der Waals surface area contributed by atoms with Crippen molar-refractivity contribution in [2.24, 2.45) is 0 Å². The molecular formula is C11H12F2N2O2S. The van der Waals surface area contributed by atoms with Crippen molar-refractivity contribution in [1.29, 1.82) is 0 Å². The maximum Gasteiger partial charge on any atom is 0.275 e. The summed E-state index contributed by atoms with van der Waals surface area (Å²) in [5, 5.41) is 10.5. The number of nitro benzene ring substituents is 1. The molecule has 1 aliphatic rings. The van der Waals surface area contributed by atoms with E-state index in [0.717, 1.165) is 30.1 Å². The molecule has 0 bridgehead atoms. The first-order valence-corrected chi connectivity index (χ1v) is 6.71. The molecular weight excluding hydrogens is 262 g/mol. The highest BCUT2D eigenvalue weighted by molar-refractivity contribution is 7.99. The van der Waals surface area contributed by atoms with Gasteiger partial charge in [-0.2, -0.15) is 11.8 Å². The average molecular weight is 274 g/mol. The number of nitrogens with zero attached hydrogens (tertiary/aromatic N) is 2. The molecule has 98 valence electrons. The van der Waals surface area contributed by atoms with Gasteiger partial charge in [0, 0.05) is 18.8 Å². The van der Waals surface area contributed by atoms with Crippen LogP contribution in [-0.2, 0) is 0 Å². The summed E-state index contributed by atoms with van der Waals surface area (Å²) < 4.78 is 27.6. The molecule has 18 heavy (non-hydrogen) atoms. The monoisotopic (exact) mass is 274 g/mol. The number of benzene rings is 1. The number of non-ortho nitro benzene ring substituents is 1. The minimum absolute atomic E-state index is 0.150. The van der Waals surface area contributed by atoms with Crippen LogP contribution in [-0.4, -0.2) is 29.5 Å². The zero-order chi connectivity index (χ0) is 13.1. The van der Waals surface area contributed by atoms with Crippen LogP contribution in [0.25, 0.3) is 0 Å². The molecule has 0 aliphatic carbocycles. The Hall–Kier alpha value is -1.37. The molecule has 1 aromatic rings. The molecule has 1 heterocycles. The Bertz CT molecular complexity index is 439. The van der Waals surface area contributed by atoms with E-state index in [1.54, 1.807) is 16.7 Å². The van der Waals surface area contributed by atoms with Gasteiger partial charge in [-0.25, -0.2) is 8.78 Å². The number of hydrogen-bond donors (Lipinski definition) is 0. The standard InChI is InChI=1S/C11H12F2N2O2S/c12-9-6-8(15(16)17)7-10(13)11(9)14-2-1-4-18-5-3-14/h6-7H,1-5H2. The van der Waals surface area contributed by atoms with E-state index in [0.29, 0.717) is 13.1 Å². The Morgan fingerprint density at radius 1 is 1.22 bits per heavy atom. The summed E-state index contributed by atoms with van der Waals surface area (Å²) in [5.41, 5.74) is -0.707. The van der Waals surface area contributed by atoms with Crippen LogP contribution in [0.4, 0.5) is 20.2 Å². The van der Waals surface area contributed by atoms with Gasteiger partial charge in [-0.05, 0) is 12.2 Å². The number of thioether (sulfide) groups is 1. The van der Waals surface area contributed by atoms with Crippen LogP contribution in [0.2, 0.25) is 0 Å². The molecule has 0 spiro atoms. The predicted octanol–water partition coefficient (Wildman–Crippen LogP) is 2.82. The molecule has 7 heteroatoms. The van der Waals surface area contributed by atoms with E-state index < -0.39 is 22.2 Å². The average Bonchev–Trinajstić information content (AvgIpc) is 2.57. The van der Waals surface area contributed by atoms with Gasteiger partial charge in [0.2, 0.25) is 0 Å². The van der Waals surface area contributed by atoms with Crippen LogP contribution in [0, 0.1) is 21.7 Å². The van der Waals surface area contributed by atoms with Gasteiger partial charge in [0.1, 0.15) is 5.69 Å². The summed E-state index contributed by atoms with van der Waals surface area (Å²) in [7, 11) is 0. The fourth-order valence-corrected chi connectivity index (χ4v) is 2.82. The molecule has 0 saturated carbocycles. The topological polar surface area (TPSA) is 46.4 Å². The Kier molecular flexibility index (Phi) is 4.00. The lowest BCUT2D eigenvalue weighted by Crippen LogP contribution is -2.27. The first-order chi connectivity index (χ1) is 8.59. The van der Waals surface area contributed by atoms with E-state index in [1.807, 2.05) is 0 Å². The van der Waals surface area contributed by atoms with Gasteiger partial charge in [0.15, 0.2) is 11.6 Å². The second-order valence-electron chi connectivity index (χ2n) is 3.97. The summed E-state index contributed by atoms with van der Waals surface area (Å²) in [5.74, 6) is 0.0324. The van der Waals surface area contributed by atoms with Crippen molar-refractivity contribution >= 4 is 23.1 Å². The second-order valence-corrected chi connectivity index (χ2v) is 5.19. The normalized spacial score (nSPS) is 16.4. The zero-order valence-corrected chi connectivity index (χ0v) is 10.4. The molecule has 4 nitrogen and oxygen atoms in total. The minimum Gasteiger partial charge on any atom is -0.366 e. The quantitative estimate of drug-likeness (QED) is 0.614. The maximum atomic E-state index is 13.8. The fourth-order valence-electron chi connectivity index (χ4n) is 1.93. The lowest BCUT2D eigenvalue weighted by atomic mass is 10.2. The van der Waals surface area contributed by atoms with E-state index in [9.17, 15) is 18.9 Å². The summed E-state index contributed by atoms with van der Waals surface area (Å²) in [6, 6.07) is 1.55. The summed E-state index contributed by atoms with van der Waals surface area (Å²) >= 11 is 1.74. The highest BCUT2D eigenvalue weighted by Gasteiger charge is 2.22. The molecule has 2 rings (SSSR count). The first-order valence-electron chi connectivity index (χ1n) is 5.55. The van der Waals surface area contributed by atoms with Crippen LogP contribution in [0.1, 0.15) is 6.42 Å². The third kappa shape index (κ3) is 2.72. The lowest BCUT2D eigenvalue weighted by Gasteiger charge is -2.23. The Labute approximate surface area is 107 Å². The highest BCUT2D eigenvalue weighted by atomic mass is 32.2. The van der Waals surface area contributed by atoms with E-state index in [-0.39, 0.29) is 5.69 Å². The van der Waals surface area contributed by atoms with E-state index in [1.165, 1.54) is 0 Å². The van der Waals surface area contributed by atoms with Crippen LogP contribution in [0.15, 0.2) is 12.1 Å². The molecule has 1 aromatic carbocycles. The third-order valence-electron chi connectivity index (χ3n) is 2.75. The Balaban J connectivity index is 2.34. The molecule has 0 atom stereocenters. The fraction of sp³-hybridized carbons (Fsp3) is 0.455. The van der Waals surface area contributed by atoms with Crippen molar-refractivity contribution < 1.29 is 13.7 Å². The second kappa shape index (κ2) is 5.51. The van der Waals surface area contributed by atoms with Crippen LogP contribution >= 0.6 is 11.8 Å². The van der Waals surface area contributed by atoms with Gasteiger partial charge in [-0.15, -0.1) is 0 Å². The predicted molar refractivity (Wildman–Crippen MR) is 67.2 cm³/mol. The SMILES string of the molecule is O=[N+]([O-])c1cc(F)c(N2CCCSCC2)c(F)c1. The molecule has 0 amide bonds. The number of rotatable bonds is 2. The molecule has 0 radical (unpaired) electrons. The van der Waals surface area contributed by atoms with E-state index in [4.69, 9.17) is 0 Å². The third-order valence-corrected chi connectivity index (χ3v) is 3.80. The lowest BCUT2D eigenvalue weighted by molar-refractivity contribution is -0.385. The number of anilines is 1. The largest absolute Gasteiger partial charge is 0.366 e. The van der Waals surface area contributed by atoms with Crippen molar-refractivity contribution in [3.8, 4) is 0 Å². The van der Waals surface area contributed by atoms with Crippen molar-refractivity contribution in [2.45, 2.75) is 6.42 Å². The van der Waals surface area contributed by atoms with Crippen LogP contribution in [0.5, 0.6) is 0 Å². The van der Waals surface area contributed by atoms with Gasteiger partial charge in [-0.3, -0.25) is 10.1 Å². The smallest absolute Gasteiger partial charge is 0.275 e.